The van der Waals surface area contributed by atoms with Gasteiger partial charge in [0.05, 0.1) is 5.56 Å². The topological polar surface area (TPSA) is 0 Å². The van der Waals surface area contributed by atoms with Crippen LogP contribution in [0.4, 0.5) is 13.2 Å². The van der Waals surface area contributed by atoms with E-state index >= 15 is 0 Å². The summed E-state index contributed by atoms with van der Waals surface area (Å²) in [6.45, 7) is 1.95. The van der Waals surface area contributed by atoms with Crippen molar-refractivity contribution in [2.45, 2.75) is 19.5 Å². The normalized spacial score (nSPS) is 12.0. The summed E-state index contributed by atoms with van der Waals surface area (Å²) in [5.74, 6) is 0. The van der Waals surface area contributed by atoms with E-state index in [0.29, 0.717) is 5.56 Å². The van der Waals surface area contributed by atoms with Crippen molar-refractivity contribution in [1.82, 2.24) is 0 Å². The Morgan fingerprint density at radius 2 is 1.71 bits per heavy atom. The van der Waals surface area contributed by atoms with Crippen LogP contribution in [0.5, 0.6) is 0 Å². The molecular formula is C17H14ClF3. The summed E-state index contributed by atoms with van der Waals surface area (Å²) in [6.07, 6.45) is 0.469. The highest BCUT2D eigenvalue weighted by atomic mass is 35.5. The third kappa shape index (κ3) is 3.88. The van der Waals surface area contributed by atoms with Crippen LogP contribution in [0.15, 0.2) is 54.6 Å². The van der Waals surface area contributed by atoms with Crippen LogP contribution < -0.4 is 0 Å². The maximum atomic E-state index is 12.6. The van der Waals surface area contributed by atoms with Crippen molar-refractivity contribution in [2.75, 3.05) is 0 Å². The third-order valence-corrected chi connectivity index (χ3v) is 3.46. The molecule has 0 atom stereocenters. The predicted molar refractivity (Wildman–Crippen MR) is 80.4 cm³/mol. The highest BCUT2D eigenvalue weighted by Gasteiger charge is 2.30. The van der Waals surface area contributed by atoms with Crippen molar-refractivity contribution in [2.24, 2.45) is 0 Å². The number of hydrogen-bond donors (Lipinski definition) is 0. The Morgan fingerprint density at radius 3 is 2.24 bits per heavy atom. The van der Waals surface area contributed by atoms with Crippen molar-refractivity contribution in [3.05, 3.63) is 70.8 Å². The van der Waals surface area contributed by atoms with Gasteiger partial charge in [0.25, 0.3) is 0 Å². The molecule has 0 aliphatic carbocycles. The van der Waals surface area contributed by atoms with Gasteiger partial charge in [-0.05, 0) is 36.6 Å². The second-order valence-corrected chi connectivity index (χ2v) is 5.07. The molecular weight excluding hydrogens is 297 g/mol. The molecule has 110 valence electrons. The van der Waals surface area contributed by atoms with Gasteiger partial charge in [0.15, 0.2) is 0 Å². The van der Waals surface area contributed by atoms with E-state index in [-0.39, 0.29) is 5.02 Å². The zero-order valence-corrected chi connectivity index (χ0v) is 12.2. The minimum atomic E-state index is -4.38. The van der Waals surface area contributed by atoms with E-state index in [1.807, 2.05) is 43.3 Å². The van der Waals surface area contributed by atoms with Gasteiger partial charge in [-0.1, -0.05) is 54.1 Å². The lowest BCUT2D eigenvalue weighted by atomic mass is 10.0. The second-order valence-electron chi connectivity index (χ2n) is 4.66. The summed E-state index contributed by atoms with van der Waals surface area (Å²) >= 11 is 5.98. The molecule has 0 N–H and O–H groups in total. The zero-order valence-electron chi connectivity index (χ0n) is 11.4. The maximum absolute atomic E-state index is 12.6. The molecule has 2 rings (SSSR count). The van der Waals surface area contributed by atoms with Crippen molar-refractivity contribution >= 4 is 11.6 Å². The van der Waals surface area contributed by atoms with Crippen LogP contribution in [0.3, 0.4) is 0 Å². The van der Waals surface area contributed by atoms with Gasteiger partial charge in [0, 0.05) is 10.6 Å². The van der Waals surface area contributed by atoms with Gasteiger partial charge in [-0.3, -0.25) is 0 Å². The van der Waals surface area contributed by atoms with Crippen molar-refractivity contribution in [1.29, 1.82) is 0 Å². The van der Waals surface area contributed by atoms with E-state index in [2.05, 4.69) is 0 Å². The van der Waals surface area contributed by atoms with Crippen molar-refractivity contribution < 1.29 is 13.2 Å². The quantitative estimate of drug-likeness (QED) is 0.597. The summed E-state index contributed by atoms with van der Waals surface area (Å²) in [5, 5.41) is 0.103. The lowest BCUT2D eigenvalue weighted by Gasteiger charge is -2.10. The summed E-state index contributed by atoms with van der Waals surface area (Å²) in [6, 6.07) is 11.1. The molecule has 0 aromatic heterocycles. The largest absolute Gasteiger partial charge is 0.416 e. The highest BCUT2D eigenvalue weighted by Crippen LogP contribution is 2.35. The monoisotopic (exact) mass is 310 g/mol. The molecule has 0 aliphatic heterocycles. The predicted octanol–water partition coefficient (Wildman–Crippen LogP) is 6.14. The van der Waals surface area contributed by atoms with Gasteiger partial charge in [-0.2, -0.15) is 13.2 Å². The van der Waals surface area contributed by atoms with Gasteiger partial charge in [0.2, 0.25) is 0 Å². The fourth-order valence-electron chi connectivity index (χ4n) is 2.00. The molecule has 0 nitrogen and oxygen atoms in total. The van der Waals surface area contributed by atoms with E-state index in [0.717, 1.165) is 29.7 Å². The fourth-order valence-corrected chi connectivity index (χ4v) is 2.29. The minimum absolute atomic E-state index is 0.103. The van der Waals surface area contributed by atoms with E-state index in [1.54, 1.807) is 0 Å². The maximum Gasteiger partial charge on any atom is 0.416 e. The van der Waals surface area contributed by atoms with Crippen molar-refractivity contribution in [3.8, 4) is 11.1 Å². The number of hydrogen-bond acceptors (Lipinski definition) is 0. The number of rotatable bonds is 3. The van der Waals surface area contributed by atoms with E-state index in [9.17, 15) is 13.2 Å². The Balaban J connectivity index is 2.30. The molecule has 2 aromatic carbocycles. The molecule has 0 saturated carbocycles. The van der Waals surface area contributed by atoms with E-state index in [1.165, 1.54) is 6.07 Å². The van der Waals surface area contributed by atoms with Crippen LogP contribution in [0, 0.1) is 0 Å². The molecule has 0 spiro atoms. The van der Waals surface area contributed by atoms with Gasteiger partial charge in [-0.25, -0.2) is 0 Å². The van der Waals surface area contributed by atoms with Crippen molar-refractivity contribution in [3.63, 3.8) is 0 Å². The standard InChI is InChI=1S/C17H14ClF3/c1-2-3-4-12-5-7-13(8-6-12)15-10-9-14(11-16(15)18)17(19,20)21/h2-3,5-11H,4H2,1H3/b3-2-. The van der Waals surface area contributed by atoms with E-state index in [4.69, 9.17) is 11.6 Å². The number of benzene rings is 2. The van der Waals surface area contributed by atoms with Crippen LogP contribution in [0.2, 0.25) is 5.02 Å². The molecule has 0 heterocycles. The van der Waals surface area contributed by atoms with Gasteiger partial charge in [-0.15, -0.1) is 0 Å². The Labute approximate surface area is 126 Å². The molecule has 0 saturated heterocycles. The summed E-state index contributed by atoms with van der Waals surface area (Å²) < 4.78 is 37.8. The highest BCUT2D eigenvalue weighted by molar-refractivity contribution is 6.33. The SMILES string of the molecule is C/C=C\Cc1ccc(-c2ccc(C(F)(F)F)cc2Cl)cc1. The van der Waals surface area contributed by atoms with E-state index < -0.39 is 11.7 Å². The van der Waals surface area contributed by atoms with Crippen LogP contribution in [0.25, 0.3) is 11.1 Å². The molecule has 0 amide bonds. The Kier molecular flexibility index (Phi) is 4.73. The zero-order chi connectivity index (χ0) is 15.5. The molecule has 2 aromatic rings. The smallest absolute Gasteiger partial charge is 0.166 e. The van der Waals surface area contributed by atoms with Gasteiger partial charge < -0.3 is 0 Å². The first-order chi connectivity index (χ1) is 9.91. The Bertz CT molecular complexity index is 640. The summed E-state index contributed by atoms with van der Waals surface area (Å²) in [7, 11) is 0. The van der Waals surface area contributed by atoms with Crippen LogP contribution in [0.1, 0.15) is 18.1 Å². The first-order valence-electron chi connectivity index (χ1n) is 6.49. The molecule has 0 bridgehead atoms. The molecule has 21 heavy (non-hydrogen) atoms. The molecule has 4 heteroatoms. The average Bonchev–Trinajstić information content (AvgIpc) is 2.45. The second kappa shape index (κ2) is 6.35. The summed E-state index contributed by atoms with van der Waals surface area (Å²) in [4.78, 5) is 0. The molecule has 0 unspecified atom stereocenters. The first-order valence-corrected chi connectivity index (χ1v) is 6.87. The van der Waals surface area contributed by atoms with Gasteiger partial charge >= 0.3 is 6.18 Å². The van der Waals surface area contributed by atoms with Crippen LogP contribution >= 0.6 is 11.6 Å². The third-order valence-electron chi connectivity index (χ3n) is 3.15. The van der Waals surface area contributed by atoms with Crippen LogP contribution in [-0.2, 0) is 12.6 Å². The number of alkyl halides is 3. The lowest BCUT2D eigenvalue weighted by Crippen LogP contribution is -2.04. The lowest BCUT2D eigenvalue weighted by molar-refractivity contribution is -0.137. The first kappa shape index (κ1) is 15.6. The average molecular weight is 311 g/mol. The number of allylic oxidation sites excluding steroid dienone is 2. The molecule has 0 aliphatic rings. The fraction of sp³-hybridized carbons (Fsp3) is 0.176. The molecule has 0 fully saturated rings. The summed E-state index contributed by atoms with van der Waals surface area (Å²) in [5.41, 5.74) is 1.81. The van der Waals surface area contributed by atoms with Crippen LogP contribution in [-0.4, -0.2) is 0 Å². The Hall–Kier alpha value is -1.74. The minimum Gasteiger partial charge on any atom is -0.166 e. The number of halogens is 4. The Morgan fingerprint density at radius 1 is 1.05 bits per heavy atom. The molecule has 0 radical (unpaired) electrons. The van der Waals surface area contributed by atoms with Gasteiger partial charge in [0.1, 0.15) is 0 Å².